The van der Waals surface area contributed by atoms with Gasteiger partial charge in [-0.25, -0.2) is 4.98 Å². The molecule has 2 aromatic rings. The van der Waals surface area contributed by atoms with Gasteiger partial charge in [-0.1, -0.05) is 6.57 Å². The lowest BCUT2D eigenvalue weighted by molar-refractivity contribution is -0.141. The highest BCUT2D eigenvalue weighted by Gasteiger charge is 2.32. The van der Waals surface area contributed by atoms with Gasteiger partial charge < -0.3 is 4.85 Å². The summed E-state index contributed by atoms with van der Waals surface area (Å²) >= 11 is 0. The predicted octanol–water partition coefficient (Wildman–Crippen LogP) is 3.11. The minimum Gasteiger partial charge on any atom is -0.361 e. The van der Waals surface area contributed by atoms with Crippen molar-refractivity contribution in [2.24, 2.45) is 0 Å². The Balaban J connectivity index is 2.38. The molecule has 18 heavy (non-hydrogen) atoms. The molecule has 7 heteroatoms. The van der Waals surface area contributed by atoms with Gasteiger partial charge >= 0.3 is 6.18 Å². The van der Waals surface area contributed by atoms with E-state index in [4.69, 9.17) is 6.57 Å². The van der Waals surface area contributed by atoms with Crippen LogP contribution in [-0.4, -0.2) is 15.0 Å². The second-order valence-electron chi connectivity index (χ2n) is 3.30. The van der Waals surface area contributed by atoms with Gasteiger partial charge in [0.2, 0.25) is 6.33 Å². The number of rotatable bonds is 1. The van der Waals surface area contributed by atoms with Crippen LogP contribution >= 0.6 is 0 Å². The Labute approximate surface area is 100.0 Å². The van der Waals surface area contributed by atoms with Gasteiger partial charge in [-0.3, -0.25) is 4.98 Å². The van der Waals surface area contributed by atoms with Crippen molar-refractivity contribution < 1.29 is 13.2 Å². The molecule has 0 aliphatic rings. The predicted molar refractivity (Wildman–Crippen MR) is 56.5 cm³/mol. The Kier molecular flexibility index (Phi) is 2.93. The maximum Gasteiger partial charge on any atom is 0.433 e. The van der Waals surface area contributed by atoms with E-state index in [1.54, 1.807) is 0 Å². The molecule has 0 aliphatic carbocycles. The molecule has 0 radical (unpaired) electrons. The van der Waals surface area contributed by atoms with Crippen molar-refractivity contribution in [3.05, 3.63) is 47.8 Å². The van der Waals surface area contributed by atoms with Gasteiger partial charge in [0.05, 0.1) is 5.69 Å². The summed E-state index contributed by atoms with van der Waals surface area (Å²) in [5.74, 6) is 0.125. The van der Waals surface area contributed by atoms with Gasteiger partial charge in [0, 0.05) is 11.8 Å². The molecular formula is C11H5F3N4. The summed E-state index contributed by atoms with van der Waals surface area (Å²) in [4.78, 5) is 14.0. The summed E-state index contributed by atoms with van der Waals surface area (Å²) < 4.78 is 36.9. The lowest BCUT2D eigenvalue weighted by atomic mass is 10.2. The van der Waals surface area contributed by atoms with Crippen molar-refractivity contribution in [2.45, 2.75) is 6.18 Å². The molecule has 2 heterocycles. The molecule has 2 rings (SSSR count). The van der Waals surface area contributed by atoms with Crippen LogP contribution in [0, 0.1) is 6.57 Å². The van der Waals surface area contributed by atoms with E-state index in [1.165, 1.54) is 18.5 Å². The molecular weight excluding hydrogens is 245 g/mol. The number of pyridine rings is 1. The van der Waals surface area contributed by atoms with E-state index >= 15 is 0 Å². The Bertz CT molecular complexity index is 599. The summed E-state index contributed by atoms with van der Waals surface area (Å²) in [6.45, 7) is 6.79. The lowest BCUT2D eigenvalue weighted by Gasteiger charge is -2.06. The molecule has 0 fully saturated rings. The first-order chi connectivity index (χ1) is 8.50. The number of nitrogens with zero attached hydrogens (tertiary/aromatic N) is 4. The van der Waals surface area contributed by atoms with E-state index in [0.717, 1.165) is 12.3 Å². The van der Waals surface area contributed by atoms with Gasteiger partial charge in [0.15, 0.2) is 0 Å². The van der Waals surface area contributed by atoms with Crippen molar-refractivity contribution in [3.8, 4) is 11.3 Å². The summed E-state index contributed by atoms with van der Waals surface area (Å²) in [6.07, 6.45) is -2.22. The smallest absolute Gasteiger partial charge is 0.361 e. The van der Waals surface area contributed by atoms with Crippen LogP contribution in [0.25, 0.3) is 16.1 Å². The normalized spacial score (nSPS) is 11.0. The molecule has 90 valence electrons. The fourth-order valence-electron chi connectivity index (χ4n) is 1.28. The third kappa shape index (κ3) is 2.43. The third-order valence-electron chi connectivity index (χ3n) is 2.12. The van der Waals surface area contributed by atoms with Crippen LogP contribution < -0.4 is 0 Å². The van der Waals surface area contributed by atoms with E-state index in [2.05, 4.69) is 19.8 Å². The molecule has 2 aromatic heterocycles. The van der Waals surface area contributed by atoms with Gasteiger partial charge in [-0.2, -0.15) is 13.2 Å². The first-order valence-corrected chi connectivity index (χ1v) is 4.74. The highest BCUT2D eigenvalue weighted by atomic mass is 19.4. The van der Waals surface area contributed by atoms with E-state index in [1.807, 2.05) is 0 Å². The molecule has 0 saturated heterocycles. The summed E-state index contributed by atoms with van der Waals surface area (Å²) in [6, 6.07) is 3.51. The average molecular weight is 250 g/mol. The molecule has 0 N–H and O–H groups in total. The topological polar surface area (TPSA) is 43.0 Å². The van der Waals surface area contributed by atoms with Crippen LogP contribution in [0.3, 0.4) is 0 Å². The maximum atomic E-state index is 12.3. The molecule has 0 aromatic carbocycles. The van der Waals surface area contributed by atoms with Crippen LogP contribution in [0.4, 0.5) is 19.0 Å². The fraction of sp³-hybridized carbons (Fsp3) is 0.0909. The first kappa shape index (κ1) is 12.0. The SMILES string of the molecule is [C-]#[N+]c1cc(-c2ccc(C(F)(F)F)nc2)ncn1. The monoisotopic (exact) mass is 250 g/mol. The number of alkyl halides is 3. The minimum atomic E-state index is -4.47. The van der Waals surface area contributed by atoms with Crippen LogP contribution in [0.1, 0.15) is 5.69 Å². The number of hydrogen-bond acceptors (Lipinski definition) is 3. The largest absolute Gasteiger partial charge is 0.433 e. The number of hydrogen-bond donors (Lipinski definition) is 0. The average Bonchev–Trinajstić information content (AvgIpc) is 2.38. The summed E-state index contributed by atoms with van der Waals surface area (Å²) in [5, 5.41) is 0. The zero-order valence-corrected chi connectivity index (χ0v) is 8.81. The molecule has 0 bridgehead atoms. The van der Waals surface area contributed by atoms with Gasteiger partial charge in [-0.05, 0) is 18.2 Å². The Hall–Kier alpha value is -2.49. The minimum absolute atomic E-state index is 0.125. The molecule has 4 nitrogen and oxygen atoms in total. The second-order valence-corrected chi connectivity index (χ2v) is 3.30. The van der Waals surface area contributed by atoms with Crippen LogP contribution in [0.15, 0.2) is 30.7 Å². The van der Waals surface area contributed by atoms with Crippen molar-refractivity contribution in [1.82, 2.24) is 15.0 Å². The summed E-state index contributed by atoms with van der Waals surface area (Å²) in [5.41, 5.74) is -0.210. The van der Waals surface area contributed by atoms with Gasteiger partial charge in [0.1, 0.15) is 5.69 Å². The molecule has 0 amide bonds. The number of aromatic nitrogens is 3. The van der Waals surface area contributed by atoms with Crippen molar-refractivity contribution >= 4 is 5.82 Å². The summed E-state index contributed by atoms with van der Waals surface area (Å²) in [7, 11) is 0. The molecule has 0 unspecified atom stereocenters. The fourth-order valence-corrected chi connectivity index (χ4v) is 1.28. The Morgan fingerprint density at radius 1 is 1.11 bits per heavy atom. The Morgan fingerprint density at radius 2 is 1.89 bits per heavy atom. The Morgan fingerprint density at radius 3 is 2.44 bits per heavy atom. The van der Waals surface area contributed by atoms with E-state index in [-0.39, 0.29) is 5.82 Å². The quantitative estimate of drug-likeness (QED) is 0.730. The number of halogens is 3. The van der Waals surface area contributed by atoms with E-state index in [9.17, 15) is 13.2 Å². The second kappa shape index (κ2) is 4.41. The highest BCUT2D eigenvalue weighted by Crippen LogP contribution is 2.28. The molecule has 0 atom stereocenters. The van der Waals surface area contributed by atoms with E-state index < -0.39 is 11.9 Å². The van der Waals surface area contributed by atoms with E-state index in [0.29, 0.717) is 11.3 Å². The van der Waals surface area contributed by atoms with Crippen molar-refractivity contribution in [1.29, 1.82) is 0 Å². The lowest BCUT2D eigenvalue weighted by Crippen LogP contribution is -2.07. The standard InChI is InChI=1S/C11H5F3N4/c1-15-10-4-8(17-6-18-10)7-2-3-9(16-5-7)11(12,13)14/h2-6H. The van der Waals surface area contributed by atoms with Crippen molar-refractivity contribution in [3.63, 3.8) is 0 Å². The first-order valence-electron chi connectivity index (χ1n) is 4.74. The van der Waals surface area contributed by atoms with Crippen molar-refractivity contribution in [2.75, 3.05) is 0 Å². The van der Waals surface area contributed by atoms with Crippen LogP contribution in [0.5, 0.6) is 0 Å². The zero-order valence-electron chi connectivity index (χ0n) is 8.81. The van der Waals surface area contributed by atoms with Gasteiger partial charge in [0.25, 0.3) is 5.82 Å². The molecule has 0 spiro atoms. The van der Waals surface area contributed by atoms with Crippen LogP contribution in [0.2, 0.25) is 0 Å². The third-order valence-corrected chi connectivity index (χ3v) is 2.12. The van der Waals surface area contributed by atoms with Gasteiger partial charge in [-0.15, -0.1) is 4.98 Å². The maximum absolute atomic E-state index is 12.3. The molecule has 0 aliphatic heterocycles. The van der Waals surface area contributed by atoms with Crippen LogP contribution in [-0.2, 0) is 6.18 Å². The highest BCUT2D eigenvalue weighted by molar-refractivity contribution is 5.61. The zero-order chi connectivity index (χ0) is 13.2. The molecule has 0 saturated carbocycles.